The van der Waals surface area contributed by atoms with Gasteiger partial charge in [-0.1, -0.05) is 6.92 Å². The number of aryl methyl sites for hydroxylation is 1. The summed E-state index contributed by atoms with van der Waals surface area (Å²) in [5.74, 6) is 1.57. The molecule has 64 valence electrons. The minimum Gasteiger partial charge on any atom is -0.357 e. The third-order valence-corrected chi connectivity index (χ3v) is 2.28. The van der Waals surface area contributed by atoms with Gasteiger partial charge in [0.05, 0.1) is 17.6 Å². The Hall–Kier alpha value is -1.12. The highest BCUT2D eigenvalue weighted by Crippen LogP contribution is 2.30. The summed E-state index contributed by atoms with van der Waals surface area (Å²) in [4.78, 5) is 11.0. The maximum atomic E-state index is 4.48. The Bertz CT molecular complexity index is 309. The molecule has 3 nitrogen and oxygen atoms in total. The van der Waals surface area contributed by atoms with Crippen LogP contribution in [0.4, 0.5) is 5.82 Å². The van der Waals surface area contributed by atoms with Gasteiger partial charge >= 0.3 is 0 Å². The van der Waals surface area contributed by atoms with Crippen molar-refractivity contribution in [2.24, 2.45) is 0 Å². The zero-order valence-electron chi connectivity index (χ0n) is 7.70. The fourth-order valence-electron chi connectivity index (χ4n) is 1.70. The van der Waals surface area contributed by atoms with Gasteiger partial charge < -0.3 is 4.90 Å². The predicted octanol–water partition coefficient (Wildman–Crippen LogP) is 1.34. The lowest BCUT2D eigenvalue weighted by molar-refractivity contribution is 0.775. The molecule has 0 bridgehead atoms. The fraction of sp³-hybridized carbons (Fsp3) is 0.556. The number of nitrogens with zero attached hydrogens (tertiary/aromatic N) is 3. The Kier molecular flexibility index (Phi) is 1.53. The average molecular weight is 163 g/mol. The normalized spacial score (nSPS) is 21.2. The van der Waals surface area contributed by atoms with Crippen molar-refractivity contribution < 1.29 is 0 Å². The van der Waals surface area contributed by atoms with Crippen molar-refractivity contribution in [2.75, 3.05) is 18.5 Å². The molecule has 2 heterocycles. The molecule has 0 amide bonds. The smallest absolute Gasteiger partial charge is 0.150 e. The lowest BCUT2D eigenvalue weighted by atomic mass is 10.1. The van der Waals surface area contributed by atoms with Gasteiger partial charge in [-0.2, -0.15) is 0 Å². The number of aromatic nitrogens is 2. The largest absolute Gasteiger partial charge is 0.357 e. The van der Waals surface area contributed by atoms with E-state index >= 15 is 0 Å². The topological polar surface area (TPSA) is 29.0 Å². The lowest BCUT2D eigenvalue weighted by Crippen LogP contribution is -2.14. The third-order valence-electron chi connectivity index (χ3n) is 2.28. The molecule has 3 heteroatoms. The van der Waals surface area contributed by atoms with Crippen LogP contribution in [0.5, 0.6) is 0 Å². The highest BCUT2D eigenvalue weighted by Gasteiger charge is 2.25. The number of likely N-dealkylation sites (N-methyl/N-ethyl adjacent to an activating group) is 1. The van der Waals surface area contributed by atoms with Gasteiger partial charge in [0.25, 0.3) is 0 Å². The summed E-state index contributed by atoms with van der Waals surface area (Å²) in [6.07, 6.45) is 1.83. The zero-order valence-corrected chi connectivity index (χ0v) is 7.70. The van der Waals surface area contributed by atoms with Crippen LogP contribution in [0.3, 0.4) is 0 Å². The Morgan fingerprint density at radius 1 is 1.58 bits per heavy atom. The Balaban J connectivity index is 2.53. The van der Waals surface area contributed by atoms with Gasteiger partial charge in [0, 0.05) is 19.5 Å². The van der Waals surface area contributed by atoms with E-state index in [9.17, 15) is 0 Å². The molecule has 1 atom stereocenters. The van der Waals surface area contributed by atoms with Crippen molar-refractivity contribution in [3.05, 3.63) is 17.6 Å². The number of rotatable bonds is 0. The highest BCUT2D eigenvalue weighted by molar-refractivity contribution is 5.50. The van der Waals surface area contributed by atoms with Gasteiger partial charge in [-0.05, 0) is 6.92 Å². The van der Waals surface area contributed by atoms with E-state index in [4.69, 9.17) is 0 Å². The first-order valence-electron chi connectivity index (χ1n) is 4.23. The standard InChI is InChI=1S/C9H13N3/c1-6-5-12(3)9-8(6)11-7(2)4-10-9/h4,6H,5H2,1-3H3. The average Bonchev–Trinajstić information content (AvgIpc) is 2.28. The summed E-state index contributed by atoms with van der Waals surface area (Å²) in [6, 6.07) is 0. The molecular formula is C9H13N3. The van der Waals surface area contributed by atoms with Crippen LogP contribution < -0.4 is 4.90 Å². The number of hydrogen-bond donors (Lipinski definition) is 0. The van der Waals surface area contributed by atoms with Crippen LogP contribution in [0.2, 0.25) is 0 Å². The van der Waals surface area contributed by atoms with Crippen molar-refractivity contribution in [2.45, 2.75) is 19.8 Å². The van der Waals surface area contributed by atoms with E-state index in [2.05, 4.69) is 28.8 Å². The van der Waals surface area contributed by atoms with Crippen LogP contribution in [-0.2, 0) is 0 Å². The summed E-state index contributed by atoms with van der Waals surface area (Å²) in [5, 5.41) is 0. The van der Waals surface area contributed by atoms with Crippen LogP contribution >= 0.6 is 0 Å². The minimum atomic E-state index is 0.525. The van der Waals surface area contributed by atoms with Crippen LogP contribution in [0.1, 0.15) is 24.2 Å². The molecule has 0 radical (unpaired) electrons. The van der Waals surface area contributed by atoms with E-state index in [0.717, 1.165) is 23.8 Å². The molecule has 12 heavy (non-hydrogen) atoms. The van der Waals surface area contributed by atoms with Crippen LogP contribution in [0.15, 0.2) is 6.20 Å². The van der Waals surface area contributed by atoms with Gasteiger partial charge in [-0.3, -0.25) is 4.98 Å². The van der Waals surface area contributed by atoms with E-state index < -0.39 is 0 Å². The first-order chi connectivity index (χ1) is 5.68. The van der Waals surface area contributed by atoms with Gasteiger partial charge in [-0.15, -0.1) is 0 Å². The van der Waals surface area contributed by atoms with Gasteiger partial charge in [-0.25, -0.2) is 4.98 Å². The van der Waals surface area contributed by atoms with Crippen molar-refractivity contribution >= 4 is 5.82 Å². The molecular weight excluding hydrogens is 150 g/mol. The van der Waals surface area contributed by atoms with Crippen LogP contribution in [-0.4, -0.2) is 23.6 Å². The second-order valence-corrected chi connectivity index (χ2v) is 3.50. The SMILES string of the molecule is Cc1cnc2c(n1)C(C)CN2C. The summed E-state index contributed by atoms with van der Waals surface area (Å²) < 4.78 is 0. The summed E-state index contributed by atoms with van der Waals surface area (Å²) in [5.41, 5.74) is 2.16. The molecule has 0 saturated heterocycles. The molecule has 0 N–H and O–H groups in total. The molecule has 1 aromatic heterocycles. The first kappa shape index (κ1) is 7.53. The van der Waals surface area contributed by atoms with E-state index in [1.54, 1.807) is 0 Å². The maximum absolute atomic E-state index is 4.48. The van der Waals surface area contributed by atoms with Crippen molar-refractivity contribution in [1.29, 1.82) is 0 Å². The highest BCUT2D eigenvalue weighted by atomic mass is 15.2. The molecule has 1 aliphatic heterocycles. The molecule has 1 unspecified atom stereocenters. The number of fused-ring (bicyclic) bond motifs is 1. The molecule has 1 aromatic rings. The number of hydrogen-bond acceptors (Lipinski definition) is 3. The maximum Gasteiger partial charge on any atom is 0.150 e. The van der Waals surface area contributed by atoms with Gasteiger partial charge in [0.15, 0.2) is 0 Å². The van der Waals surface area contributed by atoms with Crippen LogP contribution in [0, 0.1) is 6.92 Å². The molecule has 0 fully saturated rings. The summed E-state index contributed by atoms with van der Waals surface area (Å²) in [6.45, 7) is 5.22. The summed E-state index contributed by atoms with van der Waals surface area (Å²) >= 11 is 0. The van der Waals surface area contributed by atoms with E-state index in [0.29, 0.717) is 5.92 Å². The van der Waals surface area contributed by atoms with E-state index in [1.165, 1.54) is 0 Å². The lowest BCUT2D eigenvalue weighted by Gasteiger charge is -2.09. The second-order valence-electron chi connectivity index (χ2n) is 3.50. The molecule has 2 rings (SSSR count). The molecule has 0 aromatic carbocycles. The Labute approximate surface area is 72.4 Å². The van der Waals surface area contributed by atoms with Crippen molar-refractivity contribution in [3.63, 3.8) is 0 Å². The van der Waals surface area contributed by atoms with Gasteiger partial charge in [0.2, 0.25) is 0 Å². The zero-order chi connectivity index (χ0) is 8.72. The number of anilines is 1. The van der Waals surface area contributed by atoms with Crippen molar-refractivity contribution in [1.82, 2.24) is 9.97 Å². The predicted molar refractivity (Wildman–Crippen MR) is 48.5 cm³/mol. The van der Waals surface area contributed by atoms with Crippen LogP contribution in [0.25, 0.3) is 0 Å². The first-order valence-corrected chi connectivity index (χ1v) is 4.23. The Morgan fingerprint density at radius 2 is 2.33 bits per heavy atom. The second kappa shape index (κ2) is 2.44. The molecule has 0 aliphatic carbocycles. The minimum absolute atomic E-state index is 0.525. The van der Waals surface area contributed by atoms with E-state index in [-0.39, 0.29) is 0 Å². The third kappa shape index (κ3) is 0.967. The Morgan fingerprint density at radius 3 is 3.08 bits per heavy atom. The summed E-state index contributed by atoms with van der Waals surface area (Å²) in [7, 11) is 2.06. The molecule has 1 aliphatic rings. The van der Waals surface area contributed by atoms with E-state index in [1.807, 2.05) is 13.1 Å². The quantitative estimate of drug-likeness (QED) is 0.578. The molecule has 0 spiro atoms. The molecule has 0 saturated carbocycles. The van der Waals surface area contributed by atoms with Crippen molar-refractivity contribution in [3.8, 4) is 0 Å². The van der Waals surface area contributed by atoms with Gasteiger partial charge in [0.1, 0.15) is 5.82 Å². The fourth-order valence-corrected chi connectivity index (χ4v) is 1.70. The monoisotopic (exact) mass is 163 g/mol.